The Hall–Kier alpha value is -0.850. The zero-order valence-corrected chi connectivity index (χ0v) is 13.8. The molecule has 1 saturated heterocycles. The van der Waals surface area contributed by atoms with Crippen LogP contribution in [-0.2, 0) is 9.47 Å². The third kappa shape index (κ3) is 3.42. The molecule has 1 aliphatic rings. The van der Waals surface area contributed by atoms with E-state index in [9.17, 15) is 4.79 Å². The van der Waals surface area contributed by atoms with Crippen LogP contribution in [0.5, 0.6) is 0 Å². The van der Waals surface area contributed by atoms with Gasteiger partial charge >= 0.3 is 0 Å². The number of aryl methyl sites for hydroxylation is 1. The molecule has 1 aromatic heterocycles. The molecule has 1 aromatic rings. The van der Waals surface area contributed by atoms with Crippen molar-refractivity contribution in [1.29, 1.82) is 0 Å². The molecule has 0 bridgehead atoms. The monoisotopic (exact) mass is 345 g/mol. The van der Waals surface area contributed by atoms with Gasteiger partial charge in [0.1, 0.15) is 0 Å². The smallest absolute Gasteiger partial charge is 0.290 e. The Balaban J connectivity index is 2.18. The van der Waals surface area contributed by atoms with Crippen LogP contribution in [0.4, 0.5) is 0 Å². The molecular formula is C14H20BrNO4. The van der Waals surface area contributed by atoms with Crippen LogP contribution in [0.2, 0.25) is 0 Å². The summed E-state index contributed by atoms with van der Waals surface area (Å²) in [6, 6.07) is 1.80. The average Bonchev–Trinajstić information content (AvgIpc) is 2.66. The minimum atomic E-state index is -0.394. The lowest BCUT2D eigenvalue weighted by atomic mass is 10.0. The van der Waals surface area contributed by atoms with E-state index in [1.165, 1.54) is 0 Å². The molecule has 6 heteroatoms. The van der Waals surface area contributed by atoms with E-state index in [-0.39, 0.29) is 12.0 Å². The molecule has 0 saturated carbocycles. The first-order valence-electron chi connectivity index (χ1n) is 6.54. The predicted octanol–water partition coefficient (Wildman–Crippen LogP) is 2.62. The number of amides is 1. The van der Waals surface area contributed by atoms with Crippen molar-refractivity contribution in [2.75, 3.05) is 26.8 Å². The number of rotatable bonds is 3. The maximum Gasteiger partial charge on any atom is 0.290 e. The molecule has 0 aliphatic carbocycles. The number of furan rings is 1. The van der Waals surface area contributed by atoms with E-state index in [1.807, 2.05) is 20.8 Å². The topological polar surface area (TPSA) is 51.9 Å². The Morgan fingerprint density at radius 2 is 2.30 bits per heavy atom. The van der Waals surface area contributed by atoms with Gasteiger partial charge in [0.15, 0.2) is 10.4 Å². The maximum atomic E-state index is 12.6. The van der Waals surface area contributed by atoms with Crippen molar-refractivity contribution in [3.63, 3.8) is 0 Å². The first kappa shape index (κ1) is 15.5. The van der Waals surface area contributed by atoms with E-state index in [1.54, 1.807) is 18.1 Å². The van der Waals surface area contributed by atoms with Crippen molar-refractivity contribution in [3.05, 3.63) is 22.1 Å². The minimum Gasteiger partial charge on any atom is -0.444 e. The van der Waals surface area contributed by atoms with Gasteiger partial charge in [-0.05, 0) is 42.8 Å². The molecule has 0 aromatic carbocycles. The number of hydrogen-bond acceptors (Lipinski definition) is 4. The molecular weight excluding hydrogens is 326 g/mol. The largest absolute Gasteiger partial charge is 0.444 e. The van der Waals surface area contributed by atoms with Crippen molar-refractivity contribution >= 4 is 21.8 Å². The molecule has 1 amide bonds. The van der Waals surface area contributed by atoms with Gasteiger partial charge < -0.3 is 18.8 Å². The Bertz CT molecular complexity index is 497. The first-order valence-corrected chi connectivity index (χ1v) is 7.33. The van der Waals surface area contributed by atoms with Gasteiger partial charge in [0.25, 0.3) is 5.91 Å². The van der Waals surface area contributed by atoms with Crippen LogP contribution < -0.4 is 0 Å². The standard InChI is InChI=1S/C14H20BrNO4/c1-9-5-11(15)19-12(9)13(17)16-6-10(7-18-4)20-14(2,3)8-16/h5,10H,6-8H2,1-4H3. The molecule has 1 aliphatic heterocycles. The predicted molar refractivity (Wildman–Crippen MR) is 77.9 cm³/mol. The number of methoxy groups -OCH3 is 1. The molecule has 1 fully saturated rings. The molecule has 0 radical (unpaired) electrons. The van der Waals surface area contributed by atoms with Crippen LogP contribution in [0.25, 0.3) is 0 Å². The molecule has 2 heterocycles. The number of hydrogen-bond donors (Lipinski definition) is 0. The summed E-state index contributed by atoms with van der Waals surface area (Å²) in [4.78, 5) is 14.4. The van der Waals surface area contributed by atoms with Gasteiger partial charge in [-0.25, -0.2) is 0 Å². The fourth-order valence-electron chi connectivity index (χ4n) is 2.52. The average molecular weight is 346 g/mol. The van der Waals surface area contributed by atoms with Crippen molar-refractivity contribution < 1.29 is 18.7 Å². The molecule has 0 spiro atoms. The zero-order chi connectivity index (χ0) is 14.9. The van der Waals surface area contributed by atoms with Crippen LogP contribution >= 0.6 is 15.9 Å². The molecule has 1 atom stereocenters. The molecule has 5 nitrogen and oxygen atoms in total. The van der Waals surface area contributed by atoms with Crippen LogP contribution in [0, 0.1) is 6.92 Å². The summed E-state index contributed by atoms with van der Waals surface area (Å²) >= 11 is 3.25. The minimum absolute atomic E-state index is 0.106. The van der Waals surface area contributed by atoms with E-state index >= 15 is 0 Å². The van der Waals surface area contributed by atoms with E-state index in [0.717, 1.165) is 5.56 Å². The number of carbonyl (C=O) groups excluding carboxylic acids is 1. The van der Waals surface area contributed by atoms with Gasteiger partial charge in [0.2, 0.25) is 0 Å². The third-order valence-electron chi connectivity index (χ3n) is 3.20. The quantitative estimate of drug-likeness (QED) is 0.844. The van der Waals surface area contributed by atoms with Crippen molar-refractivity contribution in [2.45, 2.75) is 32.5 Å². The van der Waals surface area contributed by atoms with Crippen molar-refractivity contribution in [3.8, 4) is 0 Å². The number of morpholine rings is 1. The van der Waals surface area contributed by atoms with Gasteiger partial charge in [0, 0.05) is 25.8 Å². The summed E-state index contributed by atoms with van der Waals surface area (Å²) < 4.78 is 17.1. The second-order valence-electron chi connectivity index (χ2n) is 5.70. The molecule has 20 heavy (non-hydrogen) atoms. The number of carbonyl (C=O) groups is 1. The highest BCUT2D eigenvalue weighted by molar-refractivity contribution is 9.10. The van der Waals surface area contributed by atoms with Crippen LogP contribution in [-0.4, -0.2) is 49.3 Å². The second-order valence-corrected chi connectivity index (χ2v) is 6.48. The highest BCUT2D eigenvalue weighted by atomic mass is 79.9. The highest BCUT2D eigenvalue weighted by Gasteiger charge is 2.37. The Morgan fingerprint density at radius 1 is 1.60 bits per heavy atom. The zero-order valence-electron chi connectivity index (χ0n) is 12.2. The SMILES string of the molecule is COCC1CN(C(=O)c2oc(Br)cc2C)CC(C)(C)O1. The molecule has 112 valence electrons. The summed E-state index contributed by atoms with van der Waals surface area (Å²) in [5.74, 6) is 0.274. The number of ether oxygens (including phenoxy) is 2. The summed E-state index contributed by atoms with van der Waals surface area (Å²) in [6.45, 7) is 7.31. The van der Waals surface area contributed by atoms with Gasteiger partial charge in [-0.3, -0.25) is 4.79 Å². The summed E-state index contributed by atoms with van der Waals surface area (Å²) in [6.07, 6.45) is -0.119. The van der Waals surface area contributed by atoms with Gasteiger partial charge in [-0.2, -0.15) is 0 Å². The Labute approximate surface area is 127 Å². The second kappa shape index (κ2) is 5.87. The van der Waals surface area contributed by atoms with Gasteiger partial charge in [-0.1, -0.05) is 0 Å². The van der Waals surface area contributed by atoms with Gasteiger partial charge in [0.05, 0.1) is 18.3 Å². The summed E-state index contributed by atoms with van der Waals surface area (Å²) in [5.41, 5.74) is 0.434. The lowest BCUT2D eigenvalue weighted by Gasteiger charge is -2.42. The lowest BCUT2D eigenvalue weighted by molar-refractivity contribution is -0.143. The third-order valence-corrected chi connectivity index (χ3v) is 3.59. The van der Waals surface area contributed by atoms with Crippen LogP contribution in [0.1, 0.15) is 30.0 Å². The number of nitrogens with zero attached hydrogens (tertiary/aromatic N) is 1. The van der Waals surface area contributed by atoms with Crippen LogP contribution in [0.15, 0.2) is 15.2 Å². The van der Waals surface area contributed by atoms with Gasteiger partial charge in [-0.15, -0.1) is 0 Å². The Kier molecular flexibility index (Phi) is 4.56. The molecule has 1 unspecified atom stereocenters. The van der Waals surface area contributed by atoms with Crippen molar-refractivity contribution in [1.82, 2.24) is 4.90 Å². The number of halogens is 1. The fraction of sp³-hybridized carbons (Fsp3) is 0.643. The Morgan fingerprint density at radius 3 is 2.85 bits per heavy atom. The van der Waals surface area contributed by atoms with Crippen LogP contribution in [0.3, 0.4) is 0 Å². The highest BCUT2D eigenvalue weighted by Crippen LogP contribution is 2.26. The fourth-order valence-corrected chi connectivity index (χ4v) is 3.03. The van der Waals surface area contributed by atoms with E-state index < -0.39 is 5.60 Å². The molecule has 0 N–H and O–H groups in total. The van der Waals surface area contributed by atoms with E-state index in [4.69, 9.17) is 13.9 Å². The summed E-state index contributed by atoms with van der Waals surface area (Å²) in [5, 5.41) is 0. The first-order chi connectivity index (χ1) is 9.32. The maximum absolute atomic E-state index is 12.6. The van der Waals surface area contributed by atoms with E-state index in [0.29, 0.717) is 30.1 Å². The lowest BCUT2D eigenvalue weighted by Crippen LogP contribution is -2.55. The van der Waals surface area contributed by atoms with E-state index in [2.05, 4.69) is 15.9 Å². The summed E-state index contributed by atoms with van der Waals surface area (Å²) in [7, 11) is 1.63. The normalized spacial score (nSPS) is 22.1. The molecule has 2 rings (SSSR count). The van der Waals surface area contributed by atoms with Crippen molar-refractivity contribution in [2.24, 2.45) is 0 Å².